The topological polar surface area (TPSA) is 118 Å². The first-order valence-corrected chi connectivity index (χ1v) is 12.4. The summed E-state index contributed by atoms with van der Waals surface area (Å²) in [7, 11) is 0. The highest BCUT2D eigenvalue weighted by Gasteiger charge is 2.29. The first-order valence-electron chi connectivity index (χ1n) is 11.5. The number of alkyl carbamates (subject to hydrolysis) is 1. The van der Waals surface area contributed by atoms with Crippen LogP contribution in [-0.4, -0.2) is 47.3 Å². The van der Waals surface area contributed by atoms with Crippen molar-refractivity contribution >= 4 is 29.3 Å². The van der Waals surface area contributed by atoms with E-state index in [4.69, 9.17) is 9.84 Å². The summed E-state index contributed by atoms with van der Waals surface area (Å²) in [5.41, 5.74) is 4.91. The number of hydrogen-bond acceptors (Lipinski definition) is 6. The smallest absolute Gasteiger partial charge is 0.407 e. The number of hydrogen-bond donors (Lipinski definition) is 3. The van der Waals surface area contributed by atoms with Gasteiger partial charge in [0.2, 0.25) is 0 Å². The van der Waals surface area contributed by atoms with Crippen LogP contribution in [-0.2, 0) is 16.0 Å². The average Bonchev–Trinajstić information content (AvgIpc) is 3.45. The highest BCUT2D eigenvalue weighted by atomic mass is 32.1. The minimum atomic E-state index is -0.963. The second-order valence-corrected chi connectivity index (χ2v) is 9.25. The van der Waals surface area contributed by atoms with E-state index in [0.29, 0.717) is 24.4 Å². The van der Waals surface area contributed by atoms with Crippen LogP contribution < -0.4 is 10.6 Å². The molecular formula is C26H27N3O5S. The number of ether oxygens (including phenoxy) is 1. The zero-order valence-corrected chi connectivity index (χ0v) is 20.1. The number of fused-ring (bicyclic) bond motifs is 3. The molecule has 9 heteroatoms. The Balaban J connectivity index is 1.25. The lowest BCUT2D eigenvalue weighted by Crippen LogP contribution is -2.36. The second kappa shape index (κ2) is 11.1. The van der Waals surface area contributed by atoms with Crippen LogP contribution in [0.1, 0.15) is 52.3 Å². The number of benzene rings is 2. The molecule has 0 aliphatic heterocycles. The third-order valence-electron chi connectivity index (χ3n) is 5.99. The van der Waals surface area contributed by atoms with Gasteiger partial charge in [-0.15, -0.1) is 11.3 Å². The summed E-state index contributed by atoms with van der Waals surface area (Å²) in [6, 6.07) is 15.9. The van der Waals surface area contributed by atoms with Gasteiger partial charge in [-0.3, -0.25) is 9.59 Å². The zero-order valence-electron chi connectivity index (χ0n) is 19.3. The van der Waals surface area contributed by atoms with Crippen LogP contribution in [0.25, 0.3) is 11.1 Å². The molecule has 0 saturated heterocycles. The normalized spacial score (nSPS) is 12.9. The van der Waals surface area contributed by atoms with Crippen molar-refractivity contribution in [2.24, 2.45) is 0 Å². The molecule has 0 radical (unpaired) electrons. The Kier molecular flexibility index (Phi) is 7.77. The van der Waals surface area contributed by atoms with Crippen molar-refractivity contribution in [2.75, 3.05) is 13.2 Å². The molecule has 1 aliphatic carbocycles. The molecule has 2 amide bonds. The number of carbonyl (C=O) groups is 3. The number of nitrogens with one attached hydrogen (secondary N) is 2. The highest BCUT2D eigenvalue weighted by molar-refractivity contribution is 7.09. The van der Waals surface area contributed by atoms with Gasteiger partial charge in [-0.05, 0) is 28.7 Å². The Morgan fingerprint density at radius 2 is 1.74 bits per heavy atom. The molecule has 4 rings (SSSR count). The maximum atomic E-state index is 12.3. The molecule has 0 saturated carbocycles. The summed E-state index contributed by atoms with van der Waals surface area (Å²) >= 11 is 1.32. The number of aliphatic carboxylic acids is 1. The van der Waals surface area contributed by atoms with Gasteiger partial charge >= 0.3 is 12.1 Å². The van der Waals surface area contributed by atoms with E-state index in [1.165, 1.54) is 22.5 Å². The van der Waals surface area contributed by atoms with Gasteiger partial charge in [-0.1, -0.05) is 55.5 Å². The fourth-order valence-electron chi connectivity index (χ4n) is 4.22. The number of thiazole rings is 1. The Hall–Kier alpha value is -3.72. The van der Waals surface area contributed by atoms with Crippen LogP contribution in [0.15, 0.2) is 53.9 Å². The molecule has 1 aromatic heterocycles. The molecule has 0 unspecified atom stereocenters. The number of nitrogens with zero attached hydrogens (tertiary/aromatic N) is 1. The SMILES string of the molecule is CC[C@@H](CC(=O)O)NC(=O)c1csc(CCNC(=O)OCC2c3ccccc3-c3ccccc32)n1. The Morgan fingerprint density at radius 1 is 1.09 bits per heavy atom. The summed E-state index contributed by atoms with van der Waals surface area (Å²) in [5.74, 6) is -1.36. The Morgan fingerprint density at radius 3 is 2.37 bits per heavy atom. The van der Waals surface area contributed by atoms with Gasteiger partial charge in [-0.25, -0.2) is 9.78 Å². The molecule has 1 atom stereocenters. The highest BCUT2D eigenvalue weighted by Crippen LogP contribution is 2.44. The second-order valence-electron chi connectivity index (χ2n) is 8.31. The summed E-state index contributed by atoms with van der Waals surface area (Å²) in [4.78, 5) is 39.8. The van der Waals surface area contributed by atoms with Crippen molar-refractivity contribution in [2.45, 2.75) is 38.1 Å². The number of carboxylic acid groups (broad SMARTS) is 1. The van der Waals surface area contributed by atoms with E-state index < -0.39 is 24.0 Å². The monoisotopic (exact) mass is 493 g/mol. The van der Waals surface area contributed by atoms with Crippen LogP contribution >= 0.6 is 11.3 Å². The van der Waals surface area contributed by atoms with E-state index in [1.54, 1.807) is 5.38 Å². The van der Waals surface area contributed by atoms with Gasteiger partial charge in [0.05, 0.1) is 11.4 Å². The lowest BCUT2D eigenvalue weighted by Gasteiger charge is -2.14. The summed E-state index contributed by atoms with van der Waals surface area (Å²) in [6.07, 6.45) is 0.331. The van der Waals surface area contributed by atoms with E-state index in [2.05, 4.69) is 39.9 Å². The molecular weight excluding hydrogens is 466 g/mol. The van der Waals surface area contributed by atoms with Gasteiger partial charge in [0, 0.05) is 30.3 Å². The number of carboxylic acids is 1. The number of carbonyl (C=O) groups excluding carboxylic acids is 2. The lowest BCUT2D eigenvalue weighted by atomic mass is 9.98. The molecule has 1 heterocycles. The van der Waals surface area contributed by atoms with Gasteiger partial charge in [0.1, 0.15) is 12.3 Å². The molecule has 3 aromatic rings. The summed E-state index contributed by atoms with van der Waals surface area (Å²) in [6.45, 7) is 2.38. The third-order valence-corrected chi connectivity index (χ3v) is 6.89. The maximum Gasteiger partial charge on any atom is 0.407 e. The van der Waals surface area contributed by atoms with Crippen molar-refractivity contribution in [3.05, 3.63) is 75.7 Å². The van der Waals surface area contributed by atoms with Gasteiger partial charge in [0.25, 0.3) is 5.91 Å². The van der Waals surface area contributed by atoms with Crippen LogP contribution in [0.3, 0.4) is 0 Å². The predicted octanol–water partition coefficient (Wildman–Crippen LogP) is 4.21. The van der Waals surface area contributed by atoms with Crippen molar-refractivity contribution in [1.82, 2.24) is 15.6 Å². The Labute approximate surface area is 207 Å². The summed E-state index contributed by atoms with van der Waals surface area (Å²) < 4.78 is 5.53. The van der Waals surface area contributed by atoms with Crippen molar-refractivity contribution < 1.29 is 24.2 Å². The fraction of sp³-hybridized carbons (Fsp3) is 0.308. The number of aromatic nitrogens is 1. The van der Waals surface area contributed by atoms with E-state index in [1.807, 2.05) is 31.2 Å². The van der Waals surface area contributed by atoms with Crippen molar-refractivity contribution in [1.29, 1.82) is 0 Å². The van der Waals surface area contributed by atoms with Crippen molar-refractivity contribution in [3.8, 4) is 11.1 Å². The van der Waals surface area contributed by atoms with Gasteiger partial charge < -0.3 is 20.5 Å². The number of rotatable bonds is 10. The first kappa shape index (κ1) is 24.4. The zero-order chi connectivity index (χ0) is 24.8. The van der Waals surface area contributed by atoms with E-state index in [9.17, 15) is 14.4 Å². The molecule has 3 N–H and O–H groups in total. The van der Waals surface area contributed by atoms with Crippen LogP contribution in [0.4, 0.5) is 4.79 Å². The maximum absolute atomic E-state index is 12.3. The predicted molar refractivity (Wildman–Crippen MR) is 133 cm³/mol. The molecule has 0 spiro atoms. The van der Waals surface area contributed by atoms with Crippen LogP contribution in [0, 0.1) is 0 Å². The van der Waals surface area contributed by atoms with E-state index in [0.717, 1.165) is 11.1 Å². The molecule has 2 aromatic carbocycles. The van der Waals surface area contributed by atoms with Crippen LogP contribution in [0.2, 0.25) is 0 Å². The molecule has 0 bridgehead atoms. The molecule has 0 fully saturated rings. The third kappa shape index (κ3) is 5.86. The standard InChI is InChI=1S/C26H27N3O5S/c1-2-16(13-24(30)31)28-25(32)22-15-35-23(29-22)11-12-27-26(33)34-14-21-19-9-5-3-7-17(19)18-8-4-6-10-20(18)21/h3-10,15-16,21H,2,11-14H2,1H3,(H,27,33)(H,28,32)(H,30,31)/t16-/m0/s1. The van der Waals surface area contributed by atoms with E-state index in [-0.39, 0.29) is 24.6 Å². The molecule has 35 heavy (non-hydrogen) atoms. The summed E-state index contributed by atoms with van der Waals surface area (Å²) in [5, 5.41) is 16.7. The minimum Gasteiger partial charge on any atom is -0.481 e. The molecule has 8 nitrogen and oxygen atoms in total. The average molecular weight is 494 g/mol. The van der Waals surface area contributed by atoms with Crippen LogP contribution in [0.5, 0.6) is 0 Å². The molecule has 1 aliphatic rings. The fourth-order valence-corrected chi connectivity index (χ4v) is 5.00. The Bertz CT molecular complexity index is 1180. The molecule has 182 valence electrons. The quantitative estimate of drug-likeness (QED) is 0.390. The largest absolute Gasteiger partial charge is 0.481 e. The minimum absolute atomic E-state index is 0.00116. The van der Waals surface area contributed by atoms with Gasteiger partial charge in [0.15, 0.2) is 0 Å². The first-order chi connectivity index (χ1) is 17.0. The lowest BCUT2D eigenvalue weighted by molar-refractivity contribution is -0.137. The van der Waals surface area contributed by atoms with E-state index >= 15 is 0 Å². The van der Waals surface area contributed by atoms with Crippen molar-refractivity contribution in [3.63, 3.8) is 0 Å². The number of amides is 2. The van der Waals surface area contributed by atoms with Gasteiger partial charge in [-0.2, -0.15) is 0 Å².